The Kier molecular flexibility index (Phi) is 2.60. The molecular weight excluding hydrogens is 213 g/mol. The van der Waals surface area contributed by atoms with Crippen LogP contribution in [-0.2, 0) is 9.59 Å². The number of benzene rings is 1. The van der Waals surface area contributed by atoms with Crippen molar-refractivity contribution in [3.05, 3.63) is 35.6 Å². The lowest BCUT2D eigenvalue weighted by Crippen LogP contribution is -2.26. The van der Waals surface area contributed by atoms with Crippen LogP contribution in [0.2, 0.25) is 0 Å². The molecule has 84 valence electrons. The Morgan fingerprint density at radius 2 is 2.00 bits per heavy atom. The molecule has 1 aliphatic rings. The van der Waals surface area contributed by atoms with Crippen molar-refractivity contribution in [3.63, 3.8) is 0 Å². The third-order valence-electron chi connectivity index (χ3n) is 2.75. The minimum atomic E-state index is -1.15. The van der Waals surface area contributed by atoms with Crippen LogP contribution < -0.4 is 5.32 Å². The number of halogens is 1. The van der Waals surface area contributed by atoms with Gasteiger partial charge in [-0.1, -0.05) is 12.1 Å². The minimum absolute atomic E-state index is 0.279. The maximum atomic E-state index is 12.7. The lowest BCUT2D eigenvalue weighted by atomic mass is 9.89. The zero-order chi connectivity index (χ0) is 11.7. The second-order valence-corrected chi connectivity index (χ2v) is 3.72. The minimum Gasteiger partial charge on any atom is -0.481 e. The largest absolute Gasteiger partial charge is 0.481 e. The number of amides is 1. The number of nitrogens with one attached hydrogen (secondary N) is 1. The van der Waals surface area contributed by atoms with Crippen molar-refractivity contribution in [1.82, 2.24) is 5.32 Å². The van der Waals surface area contributed by atoms with Crippen molar-refractivity contribution >= 4 is 11.9 Å². The fourth-order valence-electron chi connectivity index (χ4n) is 1.93. The Balaban J connectivity index is 2.30. The molecule has 1 aromatic rings. The smallest absolute Gasteiger partial charge is 0.316 e. The van der Waals surface area contributed by atoms with Crippen LogP contribution in [0.4, 0.5) is 4.39 Å². The molecule has 1 fully saturated rings. The van der Waals surface area contributed by atoms with E-state index in [1.807, 2.05) is 0 Å². The van der Waals surface area contributed by atoms with Crippen LogP contribution in [0.1, 0.15) is 11.5 Å². The van der Waals surface area contributed by atoms with Crippen molar-refractivity contribution in [1.29, 1.82) is 0 Å². The van der Waals surface area contributed by atoms with Gasteiger partial charge in [0.15, 0.2) is 0 Å². The molecule has 1 saturated heterocycles. The van der Waals surface area contributed by atoms with Crippen LogP contribution in [0.5, 0.6) is 0 Å². The molecule has 16 heavy (non-hydrogen) atoms. The first-order valence-electron chi connectivity index (χ1n) is 4.85. The van der Waals surface area contributed by atoms with E-state index < -0.39 is 23.7 Å². The molecule has 2 atom stereocenters. The van der Waals surface area contributed by atoms with E-state index in [0.717, 1.165) is 0 Å². The van der Waals surface area contributed by atoms with E-state index in [0.29, 0.717) is 5.56 Å². The van der Waals surface area contributed by atoms with Crippen LogP contribution in [0, 0.1) is 11.7 Å². The van der Waals surface area contributed by atoms with Gasteiger partial charge in [-0.05, 0) is 17.7 Å². The molecule has 1 aromatic carbocycles. The summed E-state index contributed by atoms with van der Waals surface area (Å²) in [6.45, 7) is 0.279. The monoisotopic (exact) mass is 223 g/mol. The zero-order valence-electron chi connectivity index (χ0n) is 8.31. The Morgan fingerprint density at radius 3 is 2.56 bits per heavy atom. The first-order valence-corrected chi connectivity index (χ1v) is 4.85. The average Bonchev–Trinajstić information content (AvgIpc) is 2.61. The molecule has 0 radical (unpaired) electrons. The summed E-state index contributed by atoms with van der Waals surface area (Å²) in [7, 11) is 0. The normalized spacial score (nSPS) is 24.2. The Bertz CT molecular complexity index is 429. The van der Waals surface area contributed by atoms with Gasteiger partial charge in [0.05, 0.1) is 0 Å². The molecule has 1 amide bonds. The topological polar surface area (TPSA) is 66.4 Å². The van der Waals surface area contributed by atoms with E-state index in [1.165, 1.54) is 24.3 Å². The van der Waals surface area contributed by atoms with Crippen molar-refractivity contribution < 1.29 is 19.1 Å². The predicted molar refractivity (Wildman–Crippen MR) is 53.3 cm³/mol. The second-order valence-electron chi connectivity index (χ2n) is 3.72. The summed E-state index contributed by atoms with van der Waals surface area (Å²) in [5.41, 5.74) is 0.659. The summed E-state index contributed by atoms with van der Waals surface area (Å²) >= 11 is 0. The molecule has 1 aliphatic heterocycles. The highest BCUT2D eigenvalue weighted by Gasteiger charge is 2.40. The number of aliphatic carboxylic acids is 1. The Labute approximate surface area is 91.1 Å². The van der Waals surface area contributed by atoms with Gasteiger partial charge in [0.25, 0.3) is 0 Å². The van der Waals surface area contributed by atoms with Crippen LogP contribution in [0.25, 0.3) is 0 Å². The highest BCUT2D eigenvalue weighted by Crippen LogP contribution is 2.29. The molecule has 0 spiro atoms. The first-order chi connectivity index (χ1) is 7.59. The fraction of sp³-hybridized carbons (Fsp3) is 0.273. The summed E-state index contributed by atoms with van der Waals surface area (Å²) in [5.74, 6) is -3.52. The predicted octanol–water partition coefficient (Wildman–Crippen LogP) is 0.740. The molecular formula is C11H10FNO3. The molecule has 2 N–H and O–H groups in total. The van der Waals surface area contributed by atoms with Crippen molar-refractivity contribution in [2.75, 3.05) is 6.54 Å². The second kappa shape index (κ2) is 3.92. The molecule has 0 unspecified atom stereocenters. The third-order valence-corrected chi connectivity index (χ3v) is 2.75. The fourth-order valence-corrected chi connectivity index (χ4v) is 1.93. The van der Waals surface area contributed by atoms with E-state index >= 15 is 0 Å². The molecule has 2 rings (SSSR count). The molecule has 0 bridgehead atoms. The third kappa shape index (κ3) is 1.76. The van der Waals surface area contributed by atoms with Crippen molar-refractivity contribution in [2.24, 2.45) is 5.92 Å². The van der Waals surface area contributed by atoms with Crippen molar-refractivity contribution in [3.8, 4) is 0 Å². The van der Waals surface area contributed by atoms with Gasteiger partial charge in [-0.15, -0.1) is 0 Å². The van der Waals surface area contributed by atoms with E-state index in [9.17, 15) is 14.0 Å². The molecule has 0 aliphatic carbocycles. The molecule has 4 nitrogen and oxygen atoms in total. The van der Waals surface area contributed by atoms with E-state index in [4.69, 9.17) is 5.11 Å². The van der Waals surface area contributed by atoms with Gasteiger partial charge in [-0.2, -0.15) is 0 Å². The molecule has 5 heteroatoms. The number of hydrogen-bond acceptors (Lipinski definition) is 2. The quantitative estimate of drug-likeness (QED) is 0.727. The number of carbonyl (C=O) groups is 2. The summed E-state index contributed by atoms with van der Waals surface area (Å²) in [6, 6.07) is 5.54. The maximum Gasteiger partial charge on any atom is 0.316 e. The summed E-state index contributed by atoms with van der Waals surface area (Å²) in [5, 5.41) is 11.4. The Hall–Kier alpha value is -1.91. The first kappa shape index (κ1) is 10.6. The zero-order valence-corrected chi connectivity index (χ0v) is 8.31. The number of hydrogen-bond donors (Lipinski definition) is 2. The number of carboxylic acid groups (broad SMARTS) is 1. The van der Waals surface area contributed by atoms with Gasteiger partial charge in [-0.3, -0.25) is 9.59 Å². The highest BCUT2D eigenvalue weighted by atomic mass is 19.1. The van der Waals surface area contributed by atoms with Gasteiger partial charge in [-0.25, -0.2) is 4.39 Å². The van der Waals surface area contributed by atoms with E-state index in [-0.39, 0.29) is 12.4 Å². The van der Waals surface area contributed by atoms with E-state index in [1.54, 1.807) is 0 Å². The van der Waals surface area contributed by atoms with Gasteiger partial charge in [0.2, 0.25) is 5.91 Å². The number of rotatable bonds is 2. The van der Waals surface area contributed by atoms with Gasteiger partial charge in [0, 0.05) is 12.5 Å². The van der Waals surface area contributed by atoms with Gasteiger partial charge in [0.1, 0.15) is 11.7 Å². The lowest BCUT2D eigenvalue weighted by Gasteiger charge is -2.12. The van der Waals surface area contributed by atoms with Crippen LogP contribution >= 0.6 is 0 Å². The molecule has 0 aromatic heterocycles. The van der Waals surface area contributed by atoms with Crippen LogP contribution in [0.15, 0.2) is 24.3 Å². The average molecular weight is 223 g/mol. The molecule has 1 heterocycles. The summed E-state index contributed by atoms with van der Waals surface area (Å²) < 4.78 is 12.7. The summed E-state index contributed by atoms with van der Waals surface area (Å²) in [4.78, 5) is 22.2. The van der Waals surface area contributed by atoms with Crippen LogP contribution in [-0.4, -0.2) is 23.5 Å². The van der Waals surface area contributed by atoms with Gasteiger partial charge >= 0.3 is 5.97 Å². The number of carbonyl (C=O) groups excluding carboxylic acids is 1. The lowest BCUT2D eigenvalue weighted by molar-refractivity contribution is -0.145. The maximum absolute atomic E-state index is 12.7. The molecule has 0 saturated carbocycles. The Morgan fingerprint density at radius 1 is 1.38 bits per heavy atom. The number of carboxylic acids is 1. The standard InChI is InChI=1S/C11H10FNO3/c12-7-3-1-6(2-4-7)8-5-13-10(14)9(8)11(15)16/h1-4,8-9H,5H2,(H,13,14)(H,15,16)/t8-,9-/m0/s1. The summed E-state index contributed by atoms with van der Waals surface area (Å²) in [6.07, 6.45) is 0. The van der Waals surface area contributed by atoms with Crippen LogP contribution in [0.3, 0.4) is 0 Å². The van der Waals surface area contributed by atoms with E-state index in [2.05, 4.69) is 5.32 Å². The SMILES string of the molecule is O=C(O)[C@@H]1C(=O)NC[C@H]1c1ccc(F)cc1. The van der Waals surface area contributed by atoms with Gasteiger partial charge < -0.3 is 10.4 Å². The van der Waals surface area contributed by atoms with Crippen molar-refractivity contribution in [2.45, 2.75) is 5.92 Å². The highest BCUT2D eigenvalue weighted by molar-refractivity contribution is 5.99.